The molecule has 1 aliphatic heterocycles. The third-order valence-corrected chi connectivity index (χ3v) is 6.21. The molecule has 0 fully saturated rings. The van der Waals surface area contributed by atoms with E-state index in [2.05, 4.69) is 53.3 Å². The number of nitrogens with one attached hydrogen (secondary N) is 1. The van der Waals surface area contributed by atoms with E-state index >= 15 is 0 Å². The van der Waals surface area contributed by atoms with Crippen LogP contribution in [-0.2, 0) is 17.6 Å². The van der Waals surface area contributed by atoms with E-state index in [1.54, 1.807) is 0 Å². The van der Waals surface area contributed by atoms with Crippen molar-refractivity contribution in [3.63, 3.8) is 0 Å². The molecule has 4 heteroatoms. The highest BCUT2D eigenvalue weighted by atomic mass is 16.2. The Balaban J connectivity index is 1.38. The van der Waals surface area contributed by atoms with Crippen LogP contribution in [0, 0.1) is 6.92 Å². The summed E-state index contributed by atoms with van der Waals surface area (Å²) in [6.07, 6.45) is 6.13. The van der Waals surface area contributed by atoms with E-state index in [9.17, 15) is 4.79 Å². The molecule has 1 amide bonds. The van der Waals surface area contributed by atoms with Crippen LogP contribution in [0.5, 0.6) is 0 Å². The number of aromatic nitrogens is 2. The molecular weight excluding hydrogens is 382 g/mol. The third kappa shape index (κ3) is 3.86. The lowest BCUT2D eigenvalue weighted by Crippen LogP contribution is -2.35. The average molecular weight is 410 g/mol. The summed E-state index contributed by atoms with van der Waals surface area (Å²) in [5, 5.41) is 1.23. The van der Waals surface area contributed by atoms with Gasteiger partial charge in [0.15, 0.2) is 0 Å². The smallest absolute Gasteiger partial charge is 0.226 e. The number of nitrogens with zero attached hydrogens (tertiary/aromatic N) is 2. The van der Waals surface area contributed by atoms with Gasteiger partial charge in [-0.15, -0.1) is 0 Å². The number of para-hydroxylation sites is 1. The van der Waals surface area contributed by atoms with E-state index in [-0.39, 0.29) is 5.91 Å². The zero-order valence-corrected chi connectivity index (χ0v) is 17.9. The van der Waals surface area contributed by atoms with Gasteiger partial charge in [-0.1, -0.05) is 35.9 Å². The molecule has 2 aromatic heterocycles. The Bertz CT molecular complexity index is 1230. The summed E-state index contributed by atoms with van der Waals surface area (Å²) in [6, 6.07) is 20.8. The number of rotatable bonds is 5. The second kappa shape index (κ2) is 8.38. The lowest BCUT2D eigenvalue weighted by molar-refractivity contribution is -0.118. The van der Waals surface area contributed by atoms with Gasteiger partial charge >= 0.3 is 0 Å². The Hall–Kier alpha value is -3.40. The van der Waals surface area contributed by atoms with Crippen LogP contribution in [0.1, 0.15) is 36.0 Å². The second-order valence-corrected chi connectivity index (χ2v) is 8.37. The van der Waals surface area contributed by atoms with Crippen molar-refractivity contribution in [1.82, 2.24) is 9.97 Å². The molecule has 31 heavy (non-hydrogen) atoms. The molecule has 4 aromatic rings. The molecule has 156 valence electrons. The predicted octanol–water partition coefficient (Wildman–Crippen LogP) is 5.84. The molecule has 0 saturated heterocycles. The normalized spacial score (nSPS) is 13.4. The Morgan fingerprint density at radius 2 is 1.97 bits per heavy atom. The van der Waals surface area contributed by atoms with E-state index in [0.717, 1.165) is 54.8 Å². The lowest BCUT2D eigenvalue weighted by atomic mass is 9.99. The molecule has 0 unspecified atom stereocenters. The van der Waals surface area contributed by atoms with Crippen molar-refractivity contribution in [1.29, 1.82) is 0 Å². The van der Waals surface area contributed by atoms with Crippen LogP contribution in [0.2, 0.25) is 0 Å². The number of pyridine rings is 1. The lowest BCUT2D eigenvalue weighted by Gasteiger charge is -2.29. The van der Waals surface area contributed by atoms with Crippen LogP contribution in [0.15, 0.2) is 66.9 Å². The second-order valence-electron chi connectivity index (χ2n) is 8.37. The van der Waals surface area contributed by atoms with Crippen LogP contribution in [0.4, 0.5) is 5.69 Å². The minimum Gasteiger partial charge on any atom is -0.353 e. The van der Waals surface area contributed by atoms with Crippen LogP contribution in [0.25, 0.3) is 22.3 Å². The van der Waals surface area contributed by atoms with Crippen molar-refractivity contribution >= 4 is 22.5 Å². The zero-order chi connectivity index (χ0) is 21.2. The number of carbonyl (C=O) groups excluding carboxylic acids is 1. The van der Waals surface area contributed by atoms with Crippen LogP contribution >= 0.6 is 0 Å². The number of benzene rings is 2. The standard InChI is InChI=1S/C27H27N3O/c1-19-14-15-23-22(18-19)21(27(29-23)24-11-4-5-16-28-24)10-6-13-26(31)30-17-7-9-20-8-2-3-12-25(20)30/h2-5,8,11-12,14-16,18,29H,6-7,9-10,13,17H2,1H3. The molecule has 0 aliphatic carbocycles. The summed E-state index contributed by atoms with van der Waals surface area (Å²) in [5.74, 6) is 0.225. The minimum absolute atomic E-state index is 0.225. The van der Waals surface area contributed by atoms with Gasteiger partial charge < -0.3 is 9.88 Å². The largest absolute Gasteiger partial charge is 0.353 e. The molecular formula is C27H27N3O. The monoisotopic (exact) mass is 409 g/mol. The zero-order valence-electron chi connectivity index (χ0n) is 17.9. The Morgan fingerprint density at radius 1 is 1.10 bits per heavy atom. The number of hydrogen-bond donors (Lipinski definition) is 1. The number of amides is 1. The van der Waals surface area contributed by atoms with Crippen molar-refractivity contribution in [2.45, 2.75) is 39.0 Å². The summed E-state index contributed by atoms with van der Waals surface area (Å²) in [6.45, 7) is 2.94. The van der Waals surface area contributed by atoms with E-state index in [1.165, 1.54) is 22.1 Å². The van der Waals surface area contributed by atoms with Crippen molar-refractivity contribution in [2.24, 2.45) is 0 Å². The first-order valence-corrected chi connectivity index (χ1v) is 11.1. The van der Waals surface area contributed by atoms with Crippen LogP contribution in [0.3, 0.4) is 0 Å². The Labute approximate surface area is 182 Å². The molecule has 0 bridgehead atoms. The highest BCUT2D eigenvalue weighted by Crippen LogP contribution is 2.32. The summed E-state index contributed by atoms with van der Waals surface area (Å²) >= 11 is 0. The van der Waals surface area contributed by atoms with Crippen LogP contribution < -0.4 is 4.90 Å². The number of anilines is 1. The molecule has 0 saturated carbocycles. The average Bonchev–Trinajstić information content (AvgIpc) is 3.17. The van der Waals surface area contributed by atoms with Gasteiger partial charge in [0.2, 0.25) is 5.91 Å². The topological polar surface area (TPSA) is 49.0 Å². The number of fused-ring (bicyclic) bond motifs is 2. The molecule has 0 radical (unpaired) electrons. The van der Waals surface area contributed by atoms with Gasteiger partial charge in [-0.25, -0.2) is 0 Å². The van der Waals surface area contributed by atoms with Crippen molar-refractivity contribution < 1.29 is 4.79 Å². The molecule has 0 atom stereocenters. The van der Waals surface area contributed by atoms with Crippen molar-refractivity contribution in [3.8, 4) is 11.4 Å². The predicted molar refractivity (Wildman–Crippen MR) is 126 cm³/mol. The maximum absolute atomic E-state index is 13.1. The molecule has 3 heterocycles. The first-order valence-electron chi connectivity index (χ1n) is 11.1. The molecule has 1 N–H and O–H groups in total. The fourth-order valence-electron chi connectivity index (χ4n) is 4.69. The van der Waals surface area contributed by atoms with E-state index in [4.69, 9.17) is 0 Å². The van der Waals surface area contributed by atoms with Gasteiger partial charge in [0.1, 0.15) is 0 Å². The van der Waals surface area contributed by atoms with Gasteiger partial charge in [-0.05, 0) is 74.1 Å². The van der Waals surface area contributed by atoms with Gasteiger partial charge in [0, 0.05) is 35.8 Å². The van der Waals surface area contributed by atoms with Crippen LogP contribution in [-0.4, -0.2) is 22.4 Å². The van der Waals surface area contributed by atoms with Gasteiger partial charge in [-0.2, -0.15) is 0 Å². The first-order chi connectivity index (χ1) is 15.2. The maximum atomic E-state index is 13.1. The SMILES string of the molecule is Cc1ccc2[nH]c(-c3ccccn3)c(CCCC(=O)N3CCCc4ccccc43)c2c1. The first kappa shape index (κ1) is 19.6. The molecule has 2 aromatic carbocycles. The summed E-state index contributed by atoms with van der Waals surface area (Å²) in [4.78, 5) is 23.2. The fourth-order valence-corrected chi connectivity index (χ4v) is 4.69. The minimum atomic E-state index is 0.225. The van der Waals surface area contributed by atoms with E-state index in [1.807, 2.05) is 35.4 Å². The summed E-state index contributed by atoms with van der Waals surface area (Å²) < 4.78 is 0. The maximum Gasteiger partial charge on any atom is 0.226 e. The third-order valence-electron chi connectivity index (χ3n) is 6.21. The van der Waals surface area contributed by atoms with Gasteiger partial charge in [-0.3, -0.25) is 9.78 Å². The number of aromatic amines is 1. The van der Waals surface area contributed by atoms with E-state index < -0.39 is 0 Å². The van der Waals surface area contributed by atoms with Gasteiger partial charge in [0.05, 0.1) is 11.4 Å². The molecule has 4 nitrogen and oxygen atoms in total. The number of carbonyl (C=O) groups is 1. The summed E-state index contributed by atoms with van der Waals surface area (Å²) in [7, 11) is 0. The molecule has 0 spiro atoms. The fraction of sp³-hybridized carbons (Fsp3) is 0.259. The van der Waals surface area contributed by atoms with Crippen molar-refractivity contribution in [3.05, 3.63) is 83.6 Å². The molecule has 5 rings (SSSR count). The Morgan fingerprint density at radius 3 is 2.84 bits per heavy atom. The van der Waals surface area contributed by atoms with E-state index in [0.29, 0.717) is 6.42 Å². The number of H-pyrrole nitrogens is 1. The summed E-state index contributed by atoms with van der Waals surface area (Å²) in [5.41, 5.74) is 8.00. The van der Waals surface area contributed by atoms with Gasteiger partial charge in [0.25, 0.3) is 0 Å². The number of hydrogen-bond acceptors (Lipinski definition) is 2. The highest BCUT2D eigenvalue weighted by Gasteiger charge is 2.22. The quantitative estimate of drug-likeness (QED) is 0.450. The number of aryl methyl sites for hydroxylation is 3. The molecule has 1 aliphatic rings. The van der Waals surface area contributed by atoms with Crippen molar-refractivity contribution in [2.75, 3.05) is 11.4 Å². The highest BCUT2D eigenvalue weighted by molar-refractivity contribution is 5.95. The Kier molecular flexibility index (Phi) is 5.29.